The molecular weight excluding hydrogens is 442 g/mol. The van der Waals surface area contributed by atoms with Crippen LogP contribution in [-0.4, -0.2) is 35.6 Å². The van der Waals surface area contributed by atoms with E-state index in [4.69, 9.17) is 0 Å². The molecule has 2 amide bonds. The van der Waals surface area contributed by atoms with E-state index in [2.05, 4.69) is 5.32 Å². The first-order valence-electron chi connectivity index (χ1n) is 10.6. The van der Waals surface area contributed by atoms with Crippen LogP contribution in [0.2, 0.25) is 0 Å². The summed E-state index contributed by atoms with van der Waals surface area (Å²) in [5.41, 5.74) is 2.15. The highest BCUT2D eigenvalue weighted by Gasteiger charge is 2.29. The summed E-state index contributed by atoms with van der Waals surface area (Å²) in [7, 11) is 1.54. The minimum atomic E-state index is -0.746. The van der Waals surface area contributed by atoms with Crippen molar-refractivity contribution in [2.75, 3.05) is 12.8 Å². The number of carbonyl (C=O) groups is 2. The molecule has 0 aliphatic rings. The summed E-state index contributed by atoms with van der Waals surface area (Å²) in [6.45, 7) is 0.157. The van der Waals surface area contributed by atoms with E-state index in [1.807, 2.05) is 30.3 Å². The molecule has 0 aliphatic carbocycles. The Bertz CT molecular complexity index is 1060. The van der Waals surface area contributed by atoms with Gasteiger partial charge in [0.1, 0.15) is 17.7 Å². The first kappa shape index (κ1) is 24.5. The van der Waals surface area contributed by atoms with Crippen LogP contribution in [0.5, 0.6) is 0 Å². The quantitative estimate of drug-likeness (QED) is 0.474. The van der Waals surface area contributed by atoms with Gasteiger partial charge in [-0.2, -0.15) is 0 Å². The average Bonchev–Trinajstić information content (AvgIpc) is 2.83. The maximum atomic E-state index is 13.9. The zero-order valence-electron chi connectivity index (χ0n) is 18.3. The van der Waals surface area contributed by atoms with Gasteiger partial charge in [-0.3, -0.25) is 9.59 Å². The van der Waals surface area contributed by atoms with E-state index in [-0.39, 0.29) is 35.7 Å². The Morgan fingerprint density at radius 2 is 1.58 bits per heavy atom. The first-order chi connectivity index (χ1) is 16.0. The molecule has 0 radical (unpaired) electrons. The van der Waals surface area contributed by atoms with Crippen molar-refractivity contribution < 1.29 is 18.4 Å². The zero-order chi connectivity index (χ0) is 23.6. The van der Waals surface area contributed by atoms with Gasteiger partial charge < -0.3 is 10.2 Å². The number of carbonyl (C=O) groups excluding carboxylic acids is 2. The molecule has 0 aromatic heterocycles. The molecule has 3 aromatic carbocycles. The number of nitrogens with zero attached hydrogens (tertiary/aromatic N) is 1. The Kier molecular flexibility index (Phi) is 9.01. The molecule has 0 aliphatic heterocycles. The third-order valence-electron chi connectivity index (χ3n) is 5.22. The summed E-state index contributed by atoms with van der Waals surface area (Å²) in [6.07, 6.45) is 0.339. The number of thioether (sulfide) groups is 1. The number of hydrogen-bond donors (Lipinski definition) is 1. The standard InChI is InChI=1S/C26H26F2N2O2S/c1-29-26(32)24(15-19-7-3-2-4-8-19)30(16-20-11-13-22(27)14-12-20)25(31)18-33-17-21-9-5-6-10-23(21)28/h2-14,24H,15-18H2,1H3,(H,29,32)/t24-/m1/s1. The van der Waals surface area contributed by atoms with Gasteiger partial charge in [0.25, 0.3) is 0 Å². The topological polar surface area (TPSA) is 49.4 Å². The second-order valence-electron chi connectivity index (χ2n) is 7.55. The fourth-order valence-electron chi connectivity index (χ4n) is 3.45. The summed E-state index contributed by atoms with van der Waals surface area (Å²) in [5, 5.41) is 2.66. The van der Waals surface area contributed by atoms with Crippen LogP contribution in [0.15, 0.2) is 78.9 Å². The van der Waals surface area contributed by atoms with Crippen LogP contribution in [-0.2, 0) is 28.3 Å². The number of amides is 2. The van der Waals surface area contributed by atoms with Gasteiger partial charge in [-0.15, -0.1) is 11.8 Å². The van der Waals surface area contributed by atoms with E-state index in [9.17, 15) is 18.4 Å². The lowest BCUT2D eigenvalue weighted by Crippen LogP contribution is -2.50. The zero-order valence-corrected chi connectivity index (χ0v) is 19.2. The van der Waals surface area contributed by atoms with Gasteiger partial charge in [-0.05, 0) is 34.9 Å². The van der Waals surface area contributed by atoms with E-state index >= 15 is 0 Å². The SMILES string of the molecule is CNC(=O)[C@@H](Cc1ccccc1)N(Cc1ccc(F)cc1)C(=O)CSCc1ccccc1F. The van der Waals surface area contributed by atoms with Crippen LogP contribution in [0.4, 0.5) is 8.78 Å². The highest BCUT2D eigenvalue weighted by molar-refractivity contribution is 7.99. The molecule has 0 heterocycles. The van der Waals surface area contributed by atoms with Crippen LogP contribution in [0, 0.1) is 11.6 Å². The molecule has 0 saturated carbocycles. The highest BCUT2D eigenvalue weighted by Crippen LogP contribution is 2.19. The molecule has 0 unspecified atom stereocenters. The minimum absolute atomic E-state index is 0.0812. The molecule has 0 saturated heterocycles. The van der Waals surface area contributed by atoms with Gasteiger partial charge in [0.05, 0.1) is 5.75 Å². The molecule has 7 heteroatoms. The first-order valence-corrected chi connectivity index (χ1v) is 11.7. The van der Waals surface area contributed by atoms with Crippen molar-refractivity contribution in [3.8, 4) is 0 Å². The number of hydrogen-bond acceptors (Lipinski definition) is 3. The van der Waals surface area contributed by atoms with Crippen molar-refractivity contribution in [3.05, 3.63) is 107 Å². The lowest BCUT2D eigenvalue weighted by Gasteiger charge is -2.31. The molecule has 33 heavy (non-hydrogen) atoms. The molecule has 0 spiro atoms. The lowest BCUT2D eigenvalue weighted by molar-refractivity contribution is -0.139. The molecule has 1 atom stereocenters. The van der Waals surface area contributed by atoms with Gasteiger partial charge in [-0.1, -0.05) is 60.7 Å². The van der Waals surface area contributed by atoms with Crippen molar-refractivity contribution in [2.45, 2.75) is 24.8 Å². The Hall–Kier alpha value is -3.19. The van der Waals surface area contributed by atoms with Crippen molar-refractivity contribution in [1.82, 2.24) is 10.2 Å². The third kappa shape index (κ3) is 7.15. The molecule has 3 rings (SSSR count). The van der Waals surface area contributed by atoms with Crippen LogP contribution >= 0.6 is 11.8 Å². The van der Waals surface area contributed by atoms with E-state index in [0.717, 1.165) is 5.56 Å². The number of nitrogens with one attached hydrogen (secondary N) is 1. The maximum Gasteiger partial charge on any atom is 0.242 e. The predicted molar refractivity (Wildman–Crippen MR) is 128 cm³/mol. The van der Waals surface area contributed by atoms with Crippen LogP contribution in [0.3, 0.4) is 0 Å². The second kappa shape index (κ2) is 12.2. The molecule has 3 aromatic rings. The van der Waals surface area contributed by atoms with E-state index in [1.165, 1.54) is 41.9 Å². The van der Waals surface area contributed by atoms with Gasteiger partial charge >= 0.3 is 0 Å². The van der Waals surface area contributed by atoms with Crippen molar-refractivity contribution >= 4 is 23.6 Å². The van der Waals surface area contributed by atoms with Crippen LogP contribution < -0.4 is 5.32 Å². The van der Waals surface area contributed by atoms with Gasteiger partial charge in [0, 0.05) is 25.8 Å². The number of benzene rings is 3. The molecule has 4 nitrogen and oxygen atoms in total. The normalized spacial score (nSPS) is 11.6. The largest absolute Gasteiger partial charge is 0.357 e. The van der Waals surface area contributed by atoms with Crippen LogP contribution in [0.1, 0.15) is 16.7 Å². The Balaban J connectivity index is 1.80. The monoisotopic (exact) mass is 468 g/mol. The summed E-state index contributed by atoms with van der Waals surface area (Å²) >= 11 is 1.29. The molecular formula is C26H26F2N2O2S. The van der Waals surface area contributed by atoms with Gasteiger partial charge in [-0.25, -0.2) is 8.78 Å². The Morgan fingerprint density at radius 3 is 2.24 bits per heavy atom. The van der Waals surface area contributed by atoms with Gasteiger partial charge in [0.15, 0.2) is 0 Å². The van der Waals surface area contributed by atoms with Crippen molar-refractivity contribution in [1.29, 1.82) is 0 Å². The Morgan fingerprint density at radius 1 is 0.909 bits per heavy atom. The predicted octanol–water partition coefficient (Wildman–Crippen LogP) is 4.58. The number of likely N-dealkylation sites (N-methyl/N-ethyl adjacent to an activating group) is 1. The Labute approximate surface area is 197 Å². The summed E-state index contributed by atoms with van der Waals surface area (Å²) in [5.74, 6) is -0.792. The lowest BCUT2D eigenvalue weighted by atomic mass is 10.0. The fraction of sp³-hybridized carbons (Fsp3) is 0.231. The highest BCUT2D eigenvalue weighted by atomic mass is 32.2. The third-order valence-corrected chi connectivity index (χ3v) is 6.19. The average molecular weight is 469 g/mol. The number of halogens is 2. The van der Waals surface area contributed by atoms with E-state index in [1.54, 1.807) is 30.3 Å². The second-order valence-corrected chi connectivity index (χ2v) is 8.54. The summed E-state index contributed by atoms with van der Waals surface area (Å²) in [6, 6.07) is 21.0. The van der Waals surface area contributed by atoms with Crippen molar-refractivity contribution in [2.24, 2.45) is 0 Å². The molecule has 172 valence electrons. The number of rotatable bonds is 10. The van der Waals surface area contributed by atoms with E-state index < -0.39 is 6.04 Å². The van der Waals surface area contributed by atoms with Crippen LogP contribution in [0.25, 0.3) is 0 Å². The molecule has 1 N–H and O–H groups in total. The fourth-order valence-corrected chi connectivity index (χ4v) is 4.35. The van der Waals surface area contributed by atoms with E-state index in [0.29, 0.717) is 23.3 Å². The van der Waals surface area contributed by atoms with Crippen molar-refractivity contribution in [3.63, 3.8) is 0 Å². The smallest absolute Gasteiger partial charge is 0.242 e. The molecule has 0 bridgehead atoms. The minimum Gasteiger partial charge on any atom is -0.357 e. The van der Waals surface area contributed by atoms with Gasteiger partial charge in [0.2, 0.25) is 11.8 Å². The summed E-state index contributed by atoms with van der Waals surface area (Å²) in [4.78, 5) is 27.6. The summed E-state index contributed by atoms with van der Waals surface area (Å²) < 4.78 is 27.3. The maximum absolute atomic E-state index is 13.9. The molecule has 0 fully saturated rings.